The summed E-state index contributed by atoms with van der Waals surface area (Å²) < 4.78 is 8.10. The maximum Gasteiger partial charge on any atom is 0.307 e. The second kappa shape index (κ2) is 6.63. The Labute approximate surface area is 183 Å². The number of aromatic nitrogens is 4. The lowest BCUT2D eigenvalue weighted by Gasteiger charge is -2.60. The molecule has 4 bridgehead atoms. The van der Waals surface area contributed by atoms with Crippen molar-refractivity contribution in [3.05, 3.63) is 69.1 Å². The maximum absolute atomic E-state index is 11.2. The van der Waals surface area contributed by atoms with E-state index in [2.05, 4.69) is 15.3 Å². The molecule has 0 radical (unpaired) electrons. The third-order valence-corrected chi connectivity index (χ3v) is 7.74. The Kier molecular flexibility index (Phi) is 4.06. The molecule has 31 heavy (non-hydrogen) atoms. The molecule has 9 heteroatoms. The normalized spacial score (nSPS) is 31.3. The average molecular weight is 440 g/mol. The van der Waals surface area contributed by atoms with Crippen molar-refractivity contribution < 1.29 is 9.34 Å². The van der Waals surface area contributed by atoms with Gasteiger partial charge in [0.25, 0.3) is 0 Å². The van der Waals surface area contributed by atoms with E-state index in [1.54, 1.807) is 6.20 Å². The first-order valence-electron chi connectivity index (χ1n) is 10.7. The minimum Gasteiger partial charge on any atom is -0.424 e. The summed E-state index contributed by atoms with van der Waals surface area (Å²) in [6.07, 6.45) is 9.68. The number of nitro groups is 1. The van der Waals surface area contributed by atoms with Crippen LogP contribution in [0.4, 0.5) is 5.69 Å². The second-order valence-corrected chi connectivity index (χ2v) is 10.1. The van der Waals surface area contributed by atoms with Crippen LogP contribution < -0.4 is 0 Å². The van der Waals surface area contributed by atoms with Gasteiger partial charge in [-0.15, -0.1) is 10.2 Å². The van der Waals surface area contributed by atoms with Crippen molar-refractivity contribution in [3.63, 3.8) is 0 Å². The third kappa shape index (κ3) is 3.07. The van der Waals surface area contributed by atoms with E-state index < -0.39 is 0 Å². The molecule has 2 heterocycles. The van der Waals surface area contributed by atoms with Gasteiger partial charge in [0.1, 0.15) is 12.4 Å². The van der Waals surface area contributed by atoms with E-state index in [0.29, 0.717) is 29.2 Å². The van der Waals surface area contributed by atoms with Crippen LogP contribution in [-0.4, -0.2) is 24.9 Å². The van der Waals surface area contributed by atoms with E-state index in [-0.39, 0.29) is 21.6 Å². The molecule has 2 atom stereocenters. The lowest BCUT2D eigenvalue weighted by molar-refractivity contribution is -0.385. The fourth-order valence-corrected chi connectivity index (χ4v) is 6.84. The predicted molar refractivity (Wildman–Crippen MR) is 112 cm³/mol. The smallest absolute Gasteiger partial charge is 0.307 e. The van der Waals surface area contributed by atoms with Crippen LogP contribution in [-0.2, 0) is 17.4 Å². The molecule has 0 saturated heterocycles. The van der Waals surface area contributed by atoms with Crippen molar-refractivity contribution in [3.8, 4) is 0 Å². The Hall–Kier alpha value is -2.74. The molecule has 0 spiro atoms. The van der Waals surface area contributed by atoms with Gasteiger partial charge in [0.2, 0.25) is 11.8 Å². The van der Waals surface area contributed by atoms with E-state index in [4.69, 9.17) is 16.0 Å². The van der Waals surface area contributed by atoms with Gasteiger partial charge in [-0.1, -0.05) is 23.7 Å². The van der Waals surface area contributed by atoms with Crippen LogP contribution in [0.25, 0.3) is 0 Å². The molecule has 160 valence electrons. The molecular formula is C22H22ClN5O3. The Morgan fingerprint density at radius 3 is 2.58 bits per heavy atom. The van der Waals surface area contributed by atoms with Crippen LogP contribution in [0.3, 0.4) is 0 Å². The predicted octanol–water partition coefficient (Wildman–Crippen LogP) is 4.67. The summed E-state index contributed by atoms with van der Waals surface area (Å²) >= 11 is 5.98. The Morgan fingerprint density at radius 2 is 1.90 bits per heavy atom. The topological polar surface area (TPSA) is 99.9 Å². The molecule has 2 unspecified atom stereocenters. The van der Waals surface area contributed by atoms with Crippen molar-refractivity contribution in [2.45, 2.75) is 55.9 Å². The second-order valence-electron chi connectivity index (χ2n) is 9.67. The summed E-state index contributed by atoms with van der Waals surface area (Å²) in [6.45, 7) is 0. The third-order valence-electron chi connectivity index (χ3n) is 7.49. The number of hydrogen-bond acceptors (Lipinski definition) is 6. The lowest BCUT2D eigenvalue weighted by atomic mass is 9.47. The lowest BCUT2D eigenvalue weighted by Crippen LogP contribution is -2.58. The first-order chi connectivity index (χ1) is 14.9. The molecular weight excluding hydrogens is 418 g/mol. The van der Waals surface area contributed by atoms with Crippen molar-refractivity contribution >= 4 is 17.3 Å². The van der Waals surface area contributed by atoms with Crippen LogP contribution in [0.2, 0.25) is 5.02 Å². The molecule has 3 aromatic rings. The number of hydrogen-bond donors (Lipinski definition) is 0. The van der Waals surface area contributed by atoms with Gasteiger partial charge in [-0.25, -0.2) is 0 Å². The standard InChI is InChI=1S/C22H22ClN5O3/c23-17-3-1-14(2-4-17)6-19-25-26-20(31-19)21-7-15-5-16(8-21)10-22(9-15,13-21)27-12-18(11-24-27)28(29)30/h1-4,11-12,15-16H,5-10,13H2. The highest BCUT2D eigenvalue weighted by atomic mass is 35.5. The van der Waals surface area contributed by atoms with Gasteiger partial charge in [0.05, 0.1) is 22.3 Å². The summed E-state index contributed by atoms with van der Waals surface area (Å²) in [5.74, 6) is 2.43. The molecule has 7 rings (SSSR count). The Morgan fingerprint density at radius 1 is 1.16 bits per heavy atom. The Balaban J connectivity index is 1.32. The number of halogens is 1. The van der Waals surface area contributed by atoms with Crippen molar-refractivity contribution in [2.75, 3.05) is 0 Å². The zero-order valence-corrected chi connectivity index (χ0v) is 17.7. The maximum atomic E-state index is 11.2. The van der Waals surface area contributed by atoms with Gasteiger partial charge in [-0.05, 0) is 68.1 Å². The summed E-state index contributed by atoms with van der Waals surface area (Å²) in [7, 11) is 0. The zero-order chi connectivity index (χ0) is 21.2. The molecule has 4 aliphatic rings. The SMILES string of the molecule is O=[N+]([O-])c1cnn(C23CC4CC(CC(c5nnc(Cc6ccc(Cl)cc6)o5)(C4)C2)C3)c1. The number of benzene rings is 1. The van der Waals surface area contributed by atoms with Gasteiger partial charge in [-0.2, -0.15) is 5.10 Å². The van der Waals surface area contributed by atoms with Gasteiger partial charge < -0.3 is 4.42 Å². The van der Waals surface area contributed by atoms with Crippen molar-refractivity contribution in [1.82, 2.24) is 20.0 Å². The minimum atomic E-state index is -0.374. The van der Waals surface area contributed by atoms with E-state index in [1.165, 1.54) is 12.6 Å². The van der Waals surface area contributed by atoms with Gasteiger partial charge >= 0.3 is 5.69 Å². The van der Waals surface area contributed by atoms with Gasteiger partial charge in [-0.3, -0.25) is 14.8 Å². The first kappa shape index (κ1) is 19.0. The average Bonchev–Trinajstić information content (AvgIpc) is 3.39. The van der Waals surface area contributed by atoms with Gasteiger partial charge in [0.15, 0.2) is 0 Å². The van der Waals surface area contributed by atoms with Crippen LogP contribution in [0.15, 0.2) is 41.1 Å². The number of nitrogens with zero attached hydrogens (tertiary/aromatic N) is 5. The van der Waals surface area contributed by atoms with Crippen molar-refractivity contribution in [1.29, 1.82) is 0 Å². The minimum absolute atomic E-state index is 0.0489. The molecule has 4 saturated carbocycles. The molecule has 0 N–H and O–H groups in total. The summed E-state index contributed by atoms with van der Waals surface area (Å²) in [5, 5.41) is 25.2. The Bertz CT molecular complexity index is 1140. The molecule has 2 aromatic heterocycles. The summed E-state index contributed by atoms with van der Waals surface area (Å²) in [6, 6.07) is 7.66. The largest absolute Gasteiger partial charge is 0.424 e. The molecule has 1 aromatic carbocycles. The van der Waals surface area contributed by atoms with Crippen molar-refractivity contribution in [2.24, 2.45) is 11.8 Å². The number of rotatable bonds is 5. The van der Waals surface area contributed by atoms with E-state index >= 15 is 0 Å². The molecule has 8 nitrogen and oxygen atoms in total. The van der Waals surface area contributed by atoms with E-state index in [1.807, 2.05) is 28.9 Å². The van der Waals surface area contributed by atoms with Crippen LogP contribution in [0.1, 0.15) is 55.9 Å². The van der Waals surface area contributed by atoms with E-state index in [0.717, 1.165) is 43.6 Å². The monoisotopic (exact) mass is 439 g/mol. The fourth-order valence-electron chi connectivity index (χ4n) is 6.72. The highest BCUT2D eigenvalue weighted by Crippen LogP contribution is 2.64. The molecule has 0 amide bonds. The molecule has 4 fully saturated rings. The highest BCUT2D eigenvalue weighted by molar-refractivity contribution is 6.30. The van der Waals surface area contributed by atoms with Gasteiger partial charge in [0, 0.05) is 5.02 Å². The fraction of sp³-hybridized carbons (Fsp3) is 0.500. The summed E-state index contributed by atoms with van der Waals surface area (Å²) in [5.41, 5.74) is 0.748. The van der Waals surface area contributed by atoms with Crippen LogP contribution in [0, 0.1) is 22.0 Å². The molecule has 4 aliphatic carbocycles. The van der Waals surface area contributed by atoms with E-state index in [9.17, 15) is 10.1 Å². The highest BCUT2D eigenvalue weighted by Gasteiger charge is 2.61. The first-order valence-corrected chi connectivity index (χ1v) is 11.1. The summed E-state index contributed by atoms with van der Waals surface area (Å²) in [4.78, 5) is 10.8. The zero-order valence-electron chi connectivity index (χ0n) is 16.9. The quantitative estimate of drug-likeness (QED) is 0.423. The molecule has 0 aliphatic heterocycles. The van der Waals surface area contributed by atoms with Crippen LogP contribution in [0.5, 0.6) is 0 Å². The van der Waals surface area contributed by atoms with Crippen LogP contribution >= 0.6 is 11.6 Å².